The molecule has 0 atom stereocenters. The monoisotopic (exact) mass is 270 g/mol. The number of nitrogens with zero attached hydrogens (tertiary/aromatic N) is 5. The Morgan fingerprint density at radius 3 is 2.80 bits per heavy atom. The summed E-state index contributed by atoms with van der Waals surface area (Å²) in [6.07, 6.45) is 0. The number of hydrogen-bond donors (Lipinski definition) is 1. The van der Waals surface area contributed by atoms with Crippen molar-refractivity contribution < 1.29 is 9.32 Å². The second kappa shape index (κ2) is 4.65. The van der Waals surface area contributed by atoms with Crippen LogP contribution in [0.5, 0.6) is 0 Å². The lowest BCUT2D eigenvalue weighted by Crippen LogP contribution is -1.90. The molecule has 8 heteroatoms. The van der Waals surface area contributed by atoms with E-state index in [-0.39, 0.29) is 11.7 Å². The third-order valence-corrected chi connectivity index (χ3v) is 2.62. The number of carbonyl (C=O) groups is 1. The molecule has 3 aromatic rings. The molecule has 0 unspecified atom stereocenters. The highest BCUT2D eigenvalue weighted by atomic mass is 16.5. The minimum absolute atomic E-state index is 0.142. The van der Waals surface area contributed by atoms with Crippen LogP contribution < -0.4 is 0 Å². The minimum Gasteiger partial charge on any atom is -0.332 e. The van der Waals surface area contributed by atoms with Crippen molar-refractivity contribution in [2.45, 2.75) is 13.8 Å². The fourth-order valence-electron chi connectivity index (χ4n) is 1.57. The van der Waals surface area contributed by atoms with Gasteiger partial charge in [0.05, 0.1) is 5.69 Å². The SMILES string of the molecule is CC(=O)c1cc(-c2nc(-c3ccc(C)nn3)no2)[nH]n1. The van der Waals surface area contributed by atoms with E-state index < -0.39 is 0 Å². The van der Waals surface area contributed by atoms with Crippen molar-refractivity contribution in [3.05, 3.63) is 29.6 Å². The molecule has 0 saturated carbocycles. The average molecular weight is 270 g/mol. The second-order valence-electron chi connectivity index (χ2n) is 4.21. The van der Waals surface area contributed by atoms with Crippen LogP contribution in [0.4, 0.5) is 0 Å². The van der Waals surface area contributed by atoms with Crippen LogP contribution in [0, 0.1) is 6.92 Å². The van der Waals surface area contributed by atoms with Gasteiger partial charge in [-0.25, -0.2) is 0 Å². The van der Waals surface area contributed by atoms with Gasteiger partial charge in [0.25, 0.3) is 5.89 Å². The number of Topliss-reactive ketones (excluding diaryl/α,β-unsaturated/α-hetero) is 1. The fourth-order valence-corrected chi connectivity index (χ4v) is 1.57. The molecule has 0 bridgehead atoms. The van der Waals surface area contributed by atoms with E-state index in [1.54, 1.807) is 12.1 Å². The molecular formula is C12H10N6O2. The largest absolute Gasteiger partial charge is 0.332 e. The van der Waals surface area contributed by atoms with E-state index in [0.717, 1.165) is 5.69 Å². The van der Waals surface area contributed by atoms with Crippen LogP contribution in [-0.4, -0.2) is 36.3 Å². The van der Waals surface area contributed by atoms with Crippen LogP contribution in [0.3, 0.4) is 0 Å². The van der Waals surface area contributed by atoms with Gasteiger partial charge in [0.1, 0.15) is 17.1 Å². The molecule has 0 aromatic carbocycles. The van der Waals surface area contributed by atoms with Gasteiger partial charge in [-0.05, 0) is 25.1 Å². The first kappa shape index (κ1) is 12.2. The maximum atomic E-state index is 11.2. The van der Waals surface area contributed by atoms with E-state index in [4.69, 9.17) is 4.52 Å². The first-order valence-corrected chi connectivity index (χ1v) is 5.84. The Hall–Kier alpha value is -2.90. The minimum atomic E-state index is -0.142. The summed E-state index contributed by atoms with van der Waals surface area (Å²) in [5.41, 5.74) is 2.11. The van der Waals surface area contributed by atoms with Gasteiger partial charge in [0, 0.05) is 6.92 Å². The highest BCUT2D eigenvalue weighted by Crippen LogP contribution is 2.19. The topological polar surface area (TPSA) is 110 Å². The van der Waals surface area contributed by atoms with Crippen LogP contribution in [0.15, 0.2) is 22.7 Å². The number of carbonyl (C=O) groups excluding carboxylic acids is 1. The highest BCUT2D eigenvalue weighted by Gasteiger charge is 2.15. The van der Waals surface area contributed by atoms with Gasteiger partial charge in [-0.1, -0.05) is 5.16 Å². The van der Waals surface area contributed by atoms with Gasteiger partial charge in [0.15, 0.2) is 5.78 Å². The number of aryl methyl sites for hydroxylation is 1. The second-order valence-corrected chi connectivity index (χ2v) is 4.21. The standard InChI is InChI=1S/C12H10N6O2/c1-6-3-4-8(15-14-6)11-13-12(20-18-11)10-5-9(7(2)19)16-17-10/h3-5H,1-2H3,(H,16,17). The zero-order valence-corrected chi connectivity index (χ0v) is 10.8. The van der Waals surface area contributed by atoms with E-state index in [1.807, 2.05) is 13.0 Å². The molecule has 0 saturated heterocycles. The van der Waals surface area contributed by atoms with Crippen molar-refractivity contribution >= 4 is 5.78 Å². The van der Waals surface area contributed by atoms with Crippen LogP contribution >= 0.6 is 0 Å². The number of nitrogens with one attached hydrogen (secondary N) is 1. The van der Waals surface area contributed by atoms with Crippen LogP contribution in [-0.2, 0) is 0 Å². The Bertz CT molecular complexity index is 758. The molecule has 8 nitrogen and oxygen atoms in total. The van der Waals surface area contributed by atoms with E-state index in [0.29, 0.717) is 22.9 Å². The maximum absolute atomic E-state index is 11.2. The summed E-state index contributed by atoms with van der Waals surface area (Å²) in [4.78, 5) is 15.4. The zero-order valence-electron chi connectivity index (χ0n) is 10.8. The highest BCUT2D eigenvalue weighted by molar-refractivity contribution is 5.92. The number of aromatic amines is 1. The lowest BCUT2D eigenvalue weighted by Gasteiger charge is -1.91. The Morgan fingerprint density at radius 2 is 2.15 bits per heavy atom. The van der Waals surface area contributed by atoms with Gasteiger partial charge in [-0.2, -0.15) is 15.2 Å². The molecule has 100 valence electrons. The molecule has 0 aliphatic rings. The molecule has 3 heterocycles. The lowest BCUT2D eigenvalue weighted by molar-refractivity contribution is 0.101. The summed E-state index contributed by atoms with van der Waals surface area (Å²) in [6.45, 7) is 3.27. The summed E-state index contributed by atoms with van der Waals surface area (Å²) in [5, 5.41) is 18.3. The first-order valence-electron chi connectivity index (χ1n) is 5.84. The fraction of sp³-hybridized carbons (Fsp3) is 0.167. The predicted molar refractivity (Wildman–Crippen MR) is 67.6 cm³/mol. The third-order valence-electron chi connectivity index (χ3n) is 2.62. The molecule has 3 aromatic heterocycles. The van der Waals surface area contributed by atoms with Gasteiger partial charge >= 0.3 is 0 Å². The molecule has 1 N–H and O–H groups in total. The predicted octanol–water partition coefficient (Wildman–Crippen LogP) is 1.43. The normalized spacial score (nSPS) is 10.7. The Balaban J connectivity index is 1.93. The maximum Gasteiger partial charge on any atom is 0.276 e. The van der Waals surface area contributed by atoms with E-state index in [1.165, 1.54) is 6.92 Å². The molecule has 20 heavy (non-hydrogen) atoms. The zero-order chi connectivity index (χ0) is 14.1. The summed E-state index contributed by atoms with van der Waals surface area (Å²) in [6, 6.07) is 5.12. The van der Waals surface area contributed by atoms with Crippen LogP contribution in [0.25, 0.3) is 23.1 Å². The van der Waals surface area contributed by atoms with Crippen molar-refractivity contribution in [1.82, 2.24) is 30.5 Å². The molecule has 0 aliphatic heterocycles. The Kier molecular flexibility index (Phi) is 2.82. The van der Waals surface area contributed by atoms with E-state index in [9.17, 15) is 4.79 Å². The molecule has 0 spiro atoms. The summed E-state index contributed by atoms with van der Waals surface area (Å²) in [7, 11) is 0. The van der Waals surface area contributed by atoms with Crippen molar-refractivity contribution in [3.8, 4) is 23.1 Å². The van der Waals surface area contributed by atoms with Gasteiger partial charge < -0.3 is 4.52 Å². The summed E-state index contributed by atoms with van der Waals surface area (Å²) in [5.74, 6) is 0.422. The van der Waals surface area contributed by atoms with Crippen molar-refractivity contribution in [2.75, 3.05) is 0 Å². The Morgan fingerprint density at radius 1 is 1.30 bits per heavy atom. The van der Waals surface area contributed by atoms with Crippen molar-refractivity contribution in [3.63, 3.8) is 0 Å². The molecule has 0 amide bonds. The number of aromatic nitrogens is 6. The van der Waals surface area contributed by atoms with Gasteiger partial charge in [0.2, 0.25) is 5.82 Å². The van der Waals surface area contributed by atoms with Crippen molar-refractivity contribution in [2.24, 2.45) is 0 Å². The van der Waals surface area contributed by atoms with Crippen molar-refractivity contribution in [1.29, 1.82) is 0 Å². The molecule has 3 rings (SSSR count). The van der Waals surface area contributed by atoms with Gasteiger partial charge in [-0.3, -0.25) is 9.89 Å². The quantitative estimate of drug-likeness (QED) is 0.716. The lowest BCUT2D eigenvalue weighted by atomic mass is 10.3. The molecule has 0 radical (unpaired) electrons. The number of H-pyrrole nitrogens is 1. The third kappa shape index (κ3) is 2.18. The molecule has 0 fully saturated rings. The Labute approximate surface area is 113 Å². The van der Waals surface area contributed by atoms with E-state index in [2.05, 4.69) is 30.5 Å². The molecular weight excluding hydrogens is 260 g/mol. The van der Waals surface area contributed by atoms with Gasteiger partial charge in [-0.15, -0.1) is 5.10 Å². The average Bonchev–Trinajstić information content (AvgIpc) is 3.08. The number of ketones is 1. The number of rotatable bonds is 3. The number of hydrogen-bond acceptors (Lipinski definition) is 7. The summed E-state index contributed by atoms with van der Waals surface area (Å²) >= 11 is 0. The van der Waals surface area contributed by atoms with Crippen LogP contribution in [0.1, 0.15) is 23.1 Å². The summed E-state index contributed by atoms with van der Waals surface area (Å²) < 4.78 is 5.12. The first-order chi connectivity index (χ1) is 9.63. The van der Waals surface area contributed by atoms with E-state index >= 15 is 0 Å². The smallest absolute Gasteiger partial charge is 0.276 e. The molecule has 0 aliphatic carbocycles. The van der Waals surface area contributed by atoms with Crippen LogP contribution in [0.2, 0.25) is 0 Å².